The van der Waals surface area contributed by atoms with Crippen molar-refractivity contribution in [1.29, 1.82) is 0 Å². The molecule has 1 aliphatic heterocycles. The Hall–Kier alpha value is -7.21. The molecule has 1 saturated heterocycles. The van der Waals surface area contributed by atoms with E-state index in [2.05, 4.69) is 25.6 Å². The average molecular weight is 864 g/mol. The summed E-state index contributed by atoms with van der Waals surface area (Å²) in [5.74, 6) is -2.88. The minimum absolute atomic E-state index is 0.0165. The second-order valence-corrected chi connectivity index (χ2v) is 14.7. The number of carbonyl (C=O) groups is 6. The molecule has 2 aromatic heterocycles. The molecular formula is C45H49N7O11. The largest absolute Gasteiger partial charge is 0.464 e. The van der Waals surface area contributed by atoms with Gasteiger partial charge in [0, 0.05) is 38.9 Å². The highest BCUT2D eigenvalue weighted by molar-refractivity contribution is 6.06. The molecule has 0 unspecified atom stereocenters. The van der Waals surface area contributed by atoms with Crippen LogP contribution in [0.15, 0.2) is 104 Å². The number of aromatic nitrogens is 4. The van der Waals surface area contributed by atoms with Gasteiger partial charge in [0.25, 0.3) is 5.91 Å². The second-order valence-electron chi connectivity index (χ2n) is 14.7. The van der Waals surface area contributed by atoms with E-state index in [1.54, 1.807) is 37.3 Å². The Morgan fingerprint density at radius 1 is 0.778 bits per heavy atom. The molecule has 0 saturated carbocycles. The van der Waals surface area contributed by atoms with Crippen LogP contribution in [0.1, 0.15) is 74.7 Å². The average Bonchev–Trinajstić information content (AvgIpc) is 3.84. The number of hydrogen-bond donors (Lipinski definition) is 2. The molecule has 18 nitrogen and oxygen atoms in total. The number of esters is 3. The maximum Gasteiger partial charge on any atom is 0.410 e. The molecule has 0 aliphatic carbocycles. The molecule has 1 fully saturated rings. The number of nitrogens with zero attached hydrogens (tertiary/aromatic N) is 5. The minimum Gasteiger partial charge on any atom is -0.464 e. The normalized spacial score (nSPS) is 17.8. The topological polar surface area (TPSA) is 219 Å². The summed E-state index contributed by atoms with van der Waals surface area (Å²) in [6.45, 7) is 5.40. The van der Waals surface area contributed by atoms with Crippen LogP contribution < -0.4 is 10.6 Å². The highest BCUT2D eigenvalue weighted by atomic mass is 16.6. The van der Waals surface area contributed by atoms with E-state index in [4.69, 9.17) is 23.7 Å². The smallest absolute Gasteiger partial charge is 0.410 e. The van der Waals surface area contributed by atoms with Crippen LogP contribution in [0, 0.1) is 0 Å². The van der Waals surface area contributed by atoms with Crippen LogP contribution in [0.4, 0.5) is 10.6 Å². The molecule has 18 heteroatoms. The van der Waals surface area contributed by atoms with E-state index in [0.29, 0.717) is 5.56 Å². The molecule has 6 rings (SSSR count). The van der Waals surface area contributed by atoms with Gasteiger partial charge < -0.3 is 39.2 Å². The van der Waals surface area contributed by atoms with Crippen LogP contribution in [-0.4, -0.2) is 97.2 Å². The molecule has 0 radical (unpaired) electrons. The van der Waals surface area contributed by atoms with Gasteiger partial charge in [-0.15, -0.1) is 0 Å². The predicted octanol–water partition coefficient (Wildman–Crippen LogP) is 5.29. The van der Waals surface area contributed by atoms with Crippen molar-refractivity contribution in [3.63, 3.8) is 0 Å². The first-order chi connectivity index (χ1) is 30.4. The van der Waals surface area contributed by atoms with Crippen molar-refractivity contribution < 1.29 is 52.5 Å². The van der Waals surface area contributed by atoms with Crippen molar-refractivity contribution in [2.24, 2.45) is 0 Å². The van der Waals surface area contributed by atoms with Gasteiger partial charge in [0.1, 0.15) is 25.1 Å². The number of amides is 3. The molecule has 0 spiro atoms. The fourth-order valence-electron chi connectivity index (χ4n) is 7.36. The van der Waals surface area contributed by atoms with E-state index in [1.807, 2.05) is 60.7 Å². The van der Waals surface area contributed by atoms with Gasteiger partial charge >= 0.3 is 24.0 Å². The van der Waals surface area contributed by atoms with Crippen LogP contribution in [0.5, 0.6) is 0 Å². The van der Waals surface area contributed by atoms with Gasteiger partial charge in [-0.3, -0.25) is 23.7 Å². The van der Waals surface area contributed by atoms with E-state index in [-0.39, 0.29) is 56.0 Å². The second kappa shape index (κ2) is 21.5. The lowest BCUT2D eigenvalue weighted by atomic mass is 9.95. The van der Waals surface area contributed by atoms with Crippen molar-refractivity contribution in [3.8, 4) is 0 Å². The predicted molar refractivity (Wildman–Crippen MR) is 225 cm³/mol. The number of imidazole rings is 1. The van der Waals surface area contributed by atoms with E-state index in [1.165, 1.54) is 42.9 Å². The molecule has 330 valence electrons. The Morgan fingerprint density at radius 2 is 1.41 bits per heavy atom. The summed E-state index contributed by atoms with van der Waals surface area (Å²) in [6.07, 6.45) is -2.85. The standard InChI is InChI=1S/C45H49N7O11/c1-5-59-44(57)35(49-28(2)53)22-21-34(51(24-31-15-9-6-10-16-31)45(58)60-25-32-17-11-7-12-18-32)23-36-38(61-29(3)54)39(62-30(4)55)43(63-36)52-27-48-37-40(46-26-47-41(37)52)50-42(56)33-19-13-8-14-20-33/h6-20,26-27,34-36,38-39,43H,5,21-25H2,1-4H3,(H,49,53)(H,46,47,50,56)/t34-,35-,36+,38+,39+,43+/m0/s1. The zero-order valence-corrected chi connectivity index (χ0v) is 35.2. The van der Waals surface area contributed by atoms with Crippen molar-refractivity contribution in [3.05, 3.63) is 120 Å². The lowest BCUT2D eigenvalue weighted by molar-refractivity contribution is -0.165. The first-order valence-corrected chi connectivity index (χ1v) is 20.4. The van der Waals surface area contributed by atoms with Crippen molar-refractivity contribution in [1.82, 2.24) is 29.7 Å². The molecule has 2 N–H and O–H groups in total. The Bertz CT molecular complexity index is 2360. The summed E-state index contributed by atoms with van der Waals surface area (Å²) >= 11 is 0. The summed E-state index contributed by atoms with van der Waals surface area (Å²) in [7, 11) is 0. The number of carbonyl (C=O) groups excluding carboxylic acids is 6. The third-order valence-corrected chi connectivity index (χ3v) is 10.1. The summed E-state index contributed by atoms with van der Waals surface area (Å²) in [4.78, 5) is 93.1. The van der Waals surface area contributed by atoms with Gasteiger partial charge in [-0.25, -0.2) is 24.5 Å². The van der Waals surface area contributed by atoms with Gasteiger partial charge in [0.15, 0.2) is 35.4 Å². The quantitative estimate of drug-likeness (QED) is 0.0846. The van der Waals surface area contributed by atoms with Crippen molar-refractivity contribution in [2.75, 3.05) is 11.9 Å². The monoisotopic (exact) mass is 863 g/mol. The highest BCUT2D eigenvalue weighted by Gasteiger charge is 2.51. The molecule has 1 aliphatic rings. The molecular weight excluding hydrogens is 815 g/mol. The van der Waals surface area contributed by atoms with Crippen LogP contribution in [0.25, 0.3) is 11.2 Å². The summed E-state index contributed by atoms with van der Waals surface area (Å²) < 4.78 is 31.1. The first kappa shape index (κ1) is 45.3. The number of benzene rings is 3. The molecule has 5 aromatic rings. The van der Waals surface area contributed by atoms with Crippen LogP contribution in [0.3, 0.4) is 0 Å². The van der Waals surface area contributed by atoms with Gasteiger partial charge in [-0.2, -0.15) is 0 Å². The molecule has 63 heavy (non-hydrogen) atoms. The Morgan fingerprint density at radius 3 is 2.05 bits per heavy atom. The number of anilines is 1. The summed E-state index contributed by atoms with van der Waals surface area (Å²) in [6, 6.07) is 24.9. The van der Waals surface area contributed by atoms with E-state index in [0.717, 1.165) is 11.1 Å². The van der Waals surface area contributed by atoms with Gasteiger partial charge in [-0.1, -0.05) is 78.9 Å². The van der Waals surface area contributed by atoms with Gasteiger partial charge in [-0.05, 0) is 49.4 Å². The third kappa shape index (κ3) is 12.0. The molecule has 6 atom stereocenters. The number of hydrogen-bond acceptors (Lipinski definition) is 14. The maximum atomic E-state index is 14.4. The fourth-order valence-corrected chi connectivity index (χ4v) is 7.36. The van der Waals surface area contributed by atoms with E-state index in [9.17, 15) is 28.8 Å². The molecule has 3 amide bonds. The first-order valence-electron chi connectivity index (χ1n) is 20.4. The Kier molecular flexibility index (Phi) is 15.5. The lowest BCUT2D eigenvalue weighted by Crippen LogP contribution is -2.47. The van der Waals surface area contributed by atoms with E-state index < -0.39 is 72.4 Å². The number of rotatable bonds is 18. The minimum atomic E-state index is -1.27. The fraction of sp³-hybridized carbons (Fsp3) is 0.356. The Balaban J connectivity index is 1.39. The van der Waals surface area contributed by atoms with Crippen molar-refractivity contribution >= 4 is 52.8 Å². The molecule has 3 aromatic carbocycles. The number of nitrogens with one attached hydrogen (secondary N) is 2. The van der Waals surface area contributed by atoms with Crippen LogP contribution in [0.2, 0.25) is 0 Å². The van der Waals surface area contributed by atoms with Crippen LogP contribution >= 0.6 is 0 Å². The third-order valence-electron chi connectivity index (χ3n) is 10.1. The maximum absolute atomic E-state index is 14.4. The van der Waals surface area contributed by atoms with E-state index >= 15 is 0 Å². The zero-order valence-electron chi connectivity index (χ0n) is 35.2. The van der Waals surface area contributed by atoms with Gasteiger partial charge in [0.2, 0.25) is 5.91 Å². The SMILES string of the molecule is CCOC(=O)[C@H](CC[C@@H](C[C@H]1O[C@@H](n2cnc3c(NC(=O)c4ccccc4)ncnc32)[C@H](OC(C)=O)[C@@H]1OC(C)=O)N(Cc1ccccc1)C(=O)OCc1ccccc1)NC(C)=O. The number of fused-ring (bicyclic) bond motifs is 1. The van der Waals surface area contributed by atoms with Crippen LogP contribution in [-0.2, 0) is 56.0 Å². The molecule has 0 bridgehead atoms. The zero-order chi connectivity index (χ0) is 44.9. The summed E-state index contributed by atoms with van der Waals surface area (Å²) in [5.41, 5.74) is 2.26. The van der Waals surface area contributed by atoms with Gasteiger partial charge in [0.05, 0.1) is 12.9 Å². The Labute approximate surface area is 363 Å². The number of ether oxygens (including phenoxy) is 5. The highest BCUT2D eigenvalue weighted by Crippen LogP contribution is 2.39. The molecule has 3 heterocycles. The lowest BCUT2D eigenvalue weighted by Gasteiger charge is -2.34. The summed E-state index contributed by atoms with van der Waals surface area (Å²) in [5, 5.41) is 5.42. The van der Waals surface area contributed by atoms with Crippen molar-refractivity contribution in [2.45, 2.75) is 96.7 Å².